The number of nitrogens with zero attached hydrogens (tertiary/aromatic N) is 1. The summed E-state index contributed by atoms with van der Waals surface area (Å²) in [7, 11) is 0. The van der Waals surface area contributed by atoms with Crippen LogP contribution in [0.2, 0.25) is 5.02 Å². The summed E-state index contributed by atoms with van der Waals surface area (Å²) in [5.74, 6) is 0. The van der Waals surface area contributed by atoms with E-state index in [2.05, 4.69) is 0 Å². The molecule has 0 aliphatic carbocycles. The Morgan fingerprint density at radius 2 is 1.48 bits per heavy atom. The standard InChI is InChI=1S/C24H14ClNO/c25-15-9-11-19-20-14-16(10-12-23(20)27-24(19)13-15)26-21-7-3-1-5-17(21)18-6-2-4-8-22(18)26/h1-14H/i1D,2D,5D,6D,7D,8D. The van der Waals surface area contributed by atoms with Gasteiger partial charge in [0.05, 0.1) is 19.3 Å². The van der Waals surface area contributed by atoms with Crippen molar-refractivity contribution in [2.24, 2.45) is 0 Å². The molecule has 0 atom stereocenters. The summed E-state index contributed by atoms with van der Waals surface area (Å²) in [5.41, 5.74) is 2.57. The van der Waals surface area contributed by atoms with Crippen molar-refractivity contribution in [1.29, 1.82) is 0 Å². The zero-order valence-corrected chi connectivity index (χ0v) is 14.6. The first-order valence-electron chi connectivity index (χ1n) is 11.4. The van der Waals surface area contributed by atoms with Crippen LogP contribution in [0.25, 0.3) is 49.4 Å². The number of para-hydroxylation sites is 2. The lowest BCUT2D eigenvalue weighted by atomic mass is 10.1. The van der Waals surface area contributed by atoms with E-state index in [4.69, 9.17) is 24.2 Å². The van der Waals surface area contributed by atoms with Crippen LogP contribution in [0.3, 0.4) is 0 Å². The molecule has 3 heteroatoms. The summed E-state index contributed by atoms with van der Waals surface area (Å²) in [4.78, 5) is 0. The third-order valence-electron chi connectivity index (χ3n) is 4.80. The fourth-order valence-electron chi connectivity index (χ4n) is 3.65. The molecule has 0 aliphatic rings. The normalized spacial score (nSPS) is 15.0. The molecule has 4 aromatic carbocycles. The van der Waals surface area contributed by atoms with Crippen molar-refractivity contribution in [2.45, 2.75) is 0 Å². The molecule has 0 fully saturated rings. The highest BCUT2D eigenvalue weighted by Gasteiger charge is 2.13. The molecule has 6 aromatic rings. The predicted molar refractivity (Wildman–Crippen MR) is 113 cm³/mol. The summed E-state index contributed by atoms with van der Waals surface area (Å²) in [6.07, 6.45) is 0. The van der Waals surface area contributed by atoms with Crippen LogP contribution in [0.4, 0.5) is 0 Å². The second kappa shape index (κ2) is 5.38. The van der Waals surface area contributed by atoms with Crippen LogP contribution in [-0.4, -0.2) is 4.57 Å². The first-order valence-corrected chi connectivity index (χ1v) is 8.78. The van der Waals surface area contributed by atoms with E-state index in [1.807, 2.05) is 12.1 Å². The van der Waals surface area contributed by atoms with E-state index >= 15 is 0 Å². The molecular formula is C24H14ClNO. The minimum atomic E-state index is -0.138. The summed E-state index contributed by atoms with van der Waals surface area (Å²) < 4.78 is 58.0. The third kappa shape index (κ3) is 2.08. The number of hydrogen-bond donors (Lipinski definition) is 0. The Hall–Kier alpha value is -3.23. The number of rotatable bonds is 1. The number of hydrogen-bond acceptors (Lipinski definition) is 1. The van der Waals surface area contributed by atoms with E-state index in [1.165, 1.54) is 12.1 Å². The van der Waals surface area contributed by atoms with Crippen LogP contribution < -0.4 is 0 Å². The average Bonchev–Trinajstić information content (AvgIpc) is 3.31. The first kappa shape index (κ1) is 10.2. The molecule has 0 saturated heterocycles. The number of furan rings is 1. The van der Waals surface area contributed by atoms with Gasteiger partial charge in [0, 0.05) is 38.3 Å². The lowest BCUT2D eigenvalue weighted by molar-refractivity contribution is 0.669. The van der Waals surface area contributed by atoms with Crippen molar-refractivity contribution in [3.63, 3.8) is 0 Å². The summed E-state index contributed by atoms with van der Waals surface area (Å²) in [5, 5.41) is 2.71. The Morgan fingerprint density at radius 3 is 2.22 bits per heavy atom. The quantitative estimate of drug-likeness (QED) is 0.295. The van der Waals surface area contributed by atoms with Gasteiger partial charge in [0.2, 0.25) is 0 Å². The third-order valence-corrected chi connectivity index (χ3v) is 5.04. The van der Waals surface area contributed by atoms with E-state index in [0.29, 0.717) is 32.9 Å². The molecule has 2 nitrogen and oxygen atoms in total. The van der Waals surface area contributed by atoms with Crippen LogP contribution in [0.5, 0.6) is 0 Å². The Bertz CT molecular complexity index is 1730. The molecular weight excluding hydrogens is 354 g/mol. The number of fused-ring (bicyclic) bond motifs is 6. The van der Waals surface area contributed by atoms with E-state index in [9.17, 15) is 0 Å². The molecule has 0 aliphatic heterocycles. The highest BCUT2D eigenvalue weighted by atomic mass is 35.5. The van der Waals surface area contributed by atoms with Gasteiger partial charge < -0.3 is 8.98 Å². The summed E-state index contributed by atoms with van der Waals surface area (Å²) >= 11 is 6.11. The SMILES string of the molecule is [2H]c1cc([2H])c2c(c1[2H])c1c([2H])c([2H])cc([2H])c1n2-c1ccc2oc3cc(Cl)ccc3c2c1. The molecule has 0 spiro atoms. The number of aromatic nitrogens is 1. The van der Waals surface area contributed by atoms with Gasteiger partial charge in [0.25, 0.3) is 0 Å². The predicted octanol–water partition coefficient (Wildman–Crippen LogP) is 7.34. The van der Waals surface area contributed by atoms with Crippen LogP contribution in [0, 0.1) is 0 Å². The van der Waals surface area contributed by atoms with Gasteiger partial charge in [-0.3, -0.25) is 0 Å². The lowest BCUT2D eigenvalue weighted by Crippen LogP contribution is -1.93. The molecule has 6 rings (SSSR count). The van der Waals surface area contributed by atoms with Crippen molar-refractivity contribution in [3.05, 3.63) is 89.8 Å². The van der Waals surface area contributed by atoms with E-state index in [-0.39, 0.29) is 47.0 Å². The van der Waals surface area contributed by atoms with Crippen molar-refractivity contribution in [3.8, 4) is 5.69 Å². The fraction of sp³-hybridized carbons (Fsp3) is 0. The topological polar surface area (TPSA) is 18.1 Å². The molecule has 2 heterocycles. The van der Waals surface area contributed by atoms with Crippen LogP contribution in [-0.2, 0) is 0 Å². The Morgan fingerprint density at radius 1 is 0.741 bits per heavy atom. The minimum Gasteiger partial charge on any atom is -0.456 e. The van der Waals surface area contributed by atoms with E-state index < -0.39 is 0 Å². The Balaban J connectivity index is 1.83. The zero-order valence-electron chi connectivity index (χ0n) is 19.9. The van der Waals surface area contributed by atoms with Gasteiger partial charge in [0.15, 0.2) is 0 Å². The maximum absolute atomic E-state index is 8.58. The molecule has 0 amide bonds. The molecule has 0 bridgehead atoms. The van der Waals surface area contributed by atoms with Crippen molar-refractivity contribution >= 4 is 55.3 Å². The van der Waals surface area contributed by atoms with Crippen LogP contribution in [0.1, 0.15) is 8.22 Å². The molecule has 128 valence electrons. The Labute approximate surface area is 168 Å². The van der Waals surface area contributed by atoms with Gasteiger partial charge in [-0.1, -0.05) is 47.9 Å². The Kier molecular flexibility index (Phi) is 2.03. The molecule has 0 radical (unpaired) electrons. The first-order chi connectivity index (χ1) is 15.8. The average molecular weight is 374 g/mol. The largest absolute Gasteiger partial charge is 0.456 e. The van der Waals surface area contributed by atoms with Gasteiger partial charge in [-0.05, 0) is 42.4 Å². The monoisotopic (exact) mass is 373 g/mol. The molecule has 27 heavy (non-hydrogen) atoms. The van der Waals surface area contributed by atoms with Crippen molar-refractivity contribution in [2.75, 3.05) is 0 Å². The molecule has 0 unspecified atom stereocenters. The van der Waals surface area contributed by atoms with Crippen molar-refractivity contribution < 1.29 is 12.6 Å². The highest BCUT2D eigenvalue weighted by Crippen LogP contribution is 2.35. The van der Waals surface area contributed by atoms with E-state index in [0.717, 1.165) is 10.8 Å². The highest BCUT2D eigenvalue weighted by molar-refractivity contribution is 6.31. The van der Waals surface area contributed by atoms with E-state index in [1.54, 1.807) is 28.8 Å². The lowest BCUT2D eigenvalue weighted by Gasteiger charge is -2.07. The smallest absolute Gasteiger partial charge is 0.136 e. The van der Waals surface area contributed by atoms with Gasteiger partial charge in [-0.15, -0.1) is 0 Å². The van der Waals surface area contributed by atoms with Gasteiger partial charge >= 0.3 is 0 Å². The van der Waals surface area contributed by atoms with Gasteiger partial charge in [-0.2, -0.15) is 0 Å². The minimum absolute atomic E-state index is 0.0106. The zero-order chi connectivity index (χ0) is 23.2. The molecule has 0 saturated carbocycles. The maximum Gasteiger partial charge on any atom is 0.136 e. The fourth-order valence-corrected chi connectivity index (χ4v) is 3.81. The van der Waals surface area contributed by atoms with Gasteiger partial charge in [-0.25, -0.2) is 0 Å². The van der Waals surface area contributed by atoms with Crippen molar-refractivity contribution in [1.82, 2.24) is 4.57 Å². The second-order valence-corrected chi connectivity index (χ2v) is 6.76. The maximum atomic E-state index is 8.58. The second-order valence-electron chi connectivity index (χ2n) is 6.32. The number of benzene rings is 4. The van der Waals surface area contributed by atoms with Crippen LogP contribution >= 0.6 is 11.6 Å². The molecule has 2 aromatic heterocycles. The number of halogens is 1. The summed E-state index contributed by atoms with van der Waals surface area (Å²) in [6, 6.07) is 12.9. The van der Waals surface area contributed by atoms with Gasteiger partial charge in [0.1, 0.15) is 11.2 Å². The summed E-state index contributed by atoms with van der Waals surface area (Å²) in [6.45, 7) is 0. The molecule has 0 N–H and O–H groups in total. The van der Waals surface area contributed by atoms with Crippen LogP contribution in [0.15, 0.2) is 89.2 Å².